The van der Waals surface area contributed by atoms with E-state index in [0.717, 1.165) is 6.08 Å². The van der Waals surface area contributed by atoms with Crippen molar-refractivity contribution in [2.45, 2.75) is 20.8 Å². The Hall–Kier alpha value is -2.41. The third kappa shape index (κ3) is 14.0. The molecule has 0 spiro atoms. The Balaban J connectivity index is 0. The normalized spacial score (nSPS) is 11.0. The Morgan fingerprint density at radius 3 is 1.95 bits per heavy atom. The first-order valence-corrected chi connectivity index (χ1v) is 6.39. The van der Waals surface area contributed by atoms with Crippen molar-refractivity contribution in [3.63, 3.8) is 0 Å². The molecule has 0 saturated carbocycles. The van der Waals surface area contributed by atoms with Gasteiger partial charge in [-0.2, -0.15) is 0 Å². The Morgan fingerprint density at radius 1 is 1.05 bits per heavy atom. The molecule has 0 amide bonds. The second kappa shape index (κ2) is 13.6. The summed E-state index contributed by atoms with van der Waals surface area (Å²) in [5.74, 6) is -2.32. The number of allylic oxidation sites excluding steroid dienone is 1. The molecule has 0 aliphatic carbocycles. The van der Waals surface area contributed by atoms with Gasteiger partial charge in [0.05, 0.1) is 13.2 Å². The minimum absolute atomic E-state index is 0.130. The highest BCUT2D eigenvalue weighted by Gasteiger charge is 1.98. The van der Waals surface area contributed by atoms with Gasteiger partial charge in [-0.3, -0.25) is 0 Å². The maximum Gasteiger partial charge on any atom is 0.331 e. The summed E-state index contributed by atoms with van der Waals surface area (Å²) in [6.45, 7) is 8.50. The van der Waals surface area contributed by atoms with E-state index in [0.29, 0.717) is 5.57 Å². The average Bonchev–Trinajstić information content (AvgIpc) is 2.49. The first-order valence-electron chi connectivity index (χ1n) is 6.39. The Kier molecular flexibility index (Phi) is 13.5. The molecule has 0 aromatic carbocycles. The lowest BCUT2D eigenvalue weighted by atomic mass is 10.3. The summed E-state index contributed by atoms with van der Waals surface area (Å²) in [4.78, 5) is 30.8. The number of carboxylic acids is 2. The molecule has 0 heterocycles. The van der Waals surface area contributed by atoms with E-state index >= 15 is 0 Å². The highest BCUT2D eigenvalue weighted by atomic mass is 16.6. The van der Waals surface area contributed by atoms with Crippen molar-refractivity contribution in [2.24, 2.45) is 0 Å². The predicted molar refractivity (Wildman–Crippen MR) is 80.4 cm³/mol. The van der Waals surface area contributed by atoms with Gasteiger partial charge in [0.15, 0.2) is 0 Å². The van der Waals surface area contributed by atoms with Gasteiger partial charge in [-0.1, -0.05) is 12.7 Å². The molecule has 7 nitrogen and oxygen atoms in total. The number of rotatable bonds is 8. The fourth-order valence-electron chi connectivity index (χ4n) is 0.738. The van der Waals surface area contributed by atoms with Gasteiger partial charge >= 0.3 is 17.9 Å². The predicted octanol–water partition coefficient (Wildman–Crippen LogP) is 1.80. The Labute approximate surface area is 129 Å². The number of ether oxygens (including phenoxy) is 2. The molecule has 0 saturated heterocycles. The fraction of sp³-hybridized carbons (Fsp3) is 0.400. The smallest absolute Gasteiger partial charge is 0.331 e. The molecule has 0 bridgehead atoms. The third-order valence-electron chi connectivity index (χ3n) is 2.25. The van der Waals surface area contributed by atoms with Crippen LogP contribution in [0.5, 0.6) is 0 Å². The molecular formula is C15H22O7. The molecule has 7 heteroatoms. The quantitative estimate of drug-likeness (QED) is 0.399. The molecule has 0 aliphatic rings. The van der Waals surface area contributed by atoms with Crippen molar-refractivity contribution in [3.8, 4) is 0 Å². The lowest BCUT2D eigenvalue weighted by molar-refractivity contribution is -0.139. The van der Waals surface area contributed by atoms with E-state index in [1.165, 1.54) is 13.0 Å². The maximum atomic E-state index is 10.6. The summed E-state index contributed by atoms with van der Waals surface area (Å²) in [6, 6.07) is 0. The molecule has 0 aromatic heterocycles. The van der Waals surface area contributed by atoms with Gasteiger partial charge in [0.2, 0.25) is 0 Å². The van der Waals surface area contributed by atoms with Crippen molar-refractivity contribution in [1.82, 2.24) is 0 Å². The van der Waals surface area contributed by atoms with Gasteiger partial charge in [-0.25, -0.2) is 14.4 Å². The molecule has 0 fully saturated rings. The van der Waals surface area contributed by atoms with E-state index in [2.05, 4.69) is 11.3 Å². The maximum absolute atomic E-state index is 10.6. The Morgan fingerprint density at radius 2 is 1.59 bits per heavy atom. The van der Waals surface area contributed by atoms with Crippen molar-refractivity contribution in [1.29, 1.82) is 0 Å². The number of carbonyl (C=O) groups is 3. The van der Waals surface area contributed by atoms with E-state index in [1.54, 1.807) is 19.9 Å². The third-order valence-corrected chi connectivity index (χ3v) is 2.25. The van der Waals surface area contributed by atoms with Crippen LogP contribution in [0.2, 0.25) is 0 Å². The van der Waals surface area contributed by atoms with Crippen LogP contribution in [0.1, 0.15) is 20.8 Å². The van der Waals surface area contributed by atoms with E-state index in [4.69, 9.17) is 14.9 Å². The number of hydrogen-bond donors (Lipinski definition) is 2. The highest BCUT2D eigenvalue weighted by molar-refractivity contribution is 5.86. The van der Waals surface area contributed by atoms with Crippen molar-refractivity contribution in [3.05, 3.63) is 36.0 Å². The SMILES string of the molecule is C=CC(=O)OCCOCC=C(C)C(=O)O.CC=C(C)C(=O)O. The van der Waals surface area contributed by atoms with Crippen LogP contribution in [-0.4, -0.2) is 47.9 Å². The molecule has 0 aromatic rings. The first-order chi connectivity index (χ1) is 10.3. The molecule has 2 N–H and O–H groups in total. The largest absolute Gasteiger partial charge is 0.478 e. The summed E-state index contributed by atoms with van der Waals surface area (Å²) < 4.78 is 9.62. The highest BCUT2D eigenvalue weighted by Crippen LogP contribution is 1.92. The topological polar surface area (TPSA) is 110 Å². The van der Waals surface area contributed by atoms with Crippen LogP contribution >= 0.6 is 0 Å². The lowest BCUT2D eigenvalue weighted by Gasteiger charge is -2.02. The summed E-state index contributed by atoms with van der Waals surface area (Å²) in [7, 11) is 0. The van der Waals surface area contributed by atoms with E-state index < -0.39 is 17.9 Å². The van der Waals surface area contributed by atoms with Gasteiger partial charge in [-0.15, -0.1) is 0 Å². The monoisotopic (exact) mass is 314 g/mol. The van der Waals surface area contributed by atoms with E-state index in [1.807, 2.05) is 0 Å². The average molecular weight is 314 g/mol. The molecule has 0 rings (SSSR count). The van der Waals surface area contributed by atoms with Gasteiger partial charge in [0.25, 0.3) is 0 Å². The van der Waals surface area contributed by atoms with Crippen LogP contribution < -0.4 is 0 Å². The van der Waals surface area contributed by atoms with Crippen LogP contribution in [0.3, 0.4) is 0 Å². The van der Waals surface area contributed by atoms with Crippen LogP contribution in [-0.2, 0) is 23.9 Å². The fourth-order valence-corrected chi connectivity index (χ4v) is 0.738. The number of esters is 1. The minimum atomic E-state index is -0.975. The summed E-state index contributed by atoms with van der Waals surface area (Å²) in [5, 5.41) is 16.6. The minimum Gasteiger partial charge on any atom is -0.478 e. The lowest BCUT2D eigenvalue weighted by Crippen LogP contribution is -2.08. The molecule has 0 aliphatic heterocycles. The number of hydrogen-bond acceptors (Lipinski definition) is 5. The Bertz CT molecular complexity index is 447. The van der Waals surface area contributed by atoms with E-state index in [-0.39, 0.29) is 25.4 Å². The number of carboxylic acid groups (broad SMARTS) is 2. The second-order valence-corrected chi connectivity index (χ2v) is 3.92. The molecule has 0 unspecified atom stereocenters. The molecule has 0 radical (unpaired) electrons. The van der Waals surface area contributed by atoms with Crippen molar-refractivity contribution in [2.75, 3.05) is 19.8 Å². The van der Waals surface area contributed by atoms with Crippen LogP contribution in [0, 0.1) is 0 Å². The van der Waals surface area contributed by atoms with Crippen molar-refractivity contribution < 1.29 is 34.1 Å². The summed E-state index contributed by atoms with van der Waals surface area (Å²) in [5.41, 5.74) is 0.609. The molecule has 124 valence electrons. The van der Waals surface area contributed by atoms with Crippen LogP contribution in [0.4, 0.5) is 0 Å². The molecule has 22 heavy (non-hydrogen) atoms. The van der Waals surface area contributed by atoms with Gasteiger partial charge in [0.1, 0.15) is 6.61 Å². The van der Waals surface area contributed by atoms with Gasteiger partial charge < -0.3 is 19.7 Å². The van der Waals surface area contributed by atoms with E-state index in [9.17, 15) is 14.4 Å². The second-order valence-electron chi connectivity index (χ2n) is 3.92. The number of aliphatic carboxylic acids is 2. The summed E-state index contributed by atoms with van der Waals surface area (Å²) in [6.07, 6.45) is 4.06. The zero-order valence-electron chi connectivity index (χ0n) is 13.0. The zero-order chi connectivity index (χ0) is 17.5. The first kappa shape index (κ1) is 21.9. The molecule has 0 atom stereocenters. The summed E-state index contributed by atoms with van der Waals surface area (Å²) >= 11 is 0. The van der Waals surface area contributed by atoms with Gasteiger partial charge in [0, 0.05) is 17.2 Å². The van der Waals surface area contributed by atoms with Gasteiger partial charge in [-0.05, 0) is 26.8 Å². The zero-order valence-corrected chi connectivity index (χ0v) is 13.0. The molecular weight excluding hydrogens is 292 g/mol. The van der Waals surface area contributed by atoms with Crippen LogP contribution in [0.15, 0.2) is 36.0 Å². The van der Waals surface area contributed by atoms with Crippen LogP contribution in [0.25, 0.3) is 0 Å². The number of carbonyl (C=O) groups excluding carboxylic acids is 1. The van der Waals surface area contributed by atoms with Crippen molar-refractivity contribution >= 4 is 17.9 Å². The standard InChI is InChI=1S/C10H14O5.C5H8O2/c1-3-9(11)15-7-6-14-5-4-8(2)10(12)13;1-3-4(2)5(6)7/h3-4H,1,5-7H2,2H3,(H,12,13);3H,1-2H3,(H,6,7).